The molecule has 4 aromatic rings. The van der Waals surface area contributed by atoms with E-state index in [1.807, 2.05) is 30.3 Å². The van der Waals surface area contributed by atoms with Gasteiger partial charge in [-0.15, -0.1) is 0 Å². The van der Waals surface area contributed by atoms with Crippen LogP contribution in [0.1, 0.15) is 5.56 Å². The molecular formula is C25H23ClN2O2Sn. The van der Waals surface area contributed by atoms with Crippen LogP contribution in [-0.2, 0) is 0 Å². The Kier molecular flexibility index (Phi) is 7.38. The summed E-state index contributed by atoms with van der Waals surface area (Å²) in [5.74, 6) is 0.0885. The summed E-state index contributed by atoms with van der Waals surface area (Å²) in [5.41, 5.74) is 6.88. The van der Waals surface area contributed by atoms with E-state index in [2.05, 4.69) is 78.0 Å². The van der Waals surface area contributed by atoms with Gasteiger partial charge in [-0.25, -0.2) is 0 Å². The Hall–Kier alpha value is -2.80. The molecule has 0 radical (unpaired) electrons. The van der Waals surface area contributed by atoms with Crippen molar-refractivity contribution < 1.29 is 10.7 Å². The van der Waals surface area contributed by atoms with E-state index in [0.717, 1.165) is 3.58 Å². The van der Waals surface area contributed by atoms with Gasteiger partial charge in [0, 0.05) is 0 Å². The van der Waals surface area contributed by atoms with Crippen molar-refractivity contribution in [3.05, 3.63) is 120 Å². The predicted octanol–water partition coefficient (Wildman–Crippen LogP) is 1.99. The molecule has 0 saturated carbocycles. The van der Waals surface area contributed by atoms with Crippen molar-refractivity contribution in [2.24, 2.45) is 10.9 Å². The molecule has 0 atom stereocenters. The molecule has 31 heavy (non-hydrogen) atoms. The molecule has 0 amide bonds. The molecule has 0 heterocycles. The molecule has 5 N–H and O–H groups in total. The Balaban J connectivity index is 0.00000272. The van der Waals surface area contributed by atoms with Crippen LogP contribution in [0.4, 0.5) is 0 Å². The predicted molar refractivity (Wildman–Crippen MR) is 131 cm³/mol. The van der Waals surface area contributed by atoms with Crippen molar-refractivity contribution in [1.29, 1.82) is 0 Å². The molecule has 0 aliphatic heterocycles. The summed E-state index contributed by atoms with van der Waals surface area (Å²) in [6.45, 7) is 0. The van der Waals surface area contributed by atoms with Crippen LogP contribution >= 0.6 is 11.6 Å². The number of amidine groups is 1. The number of hydrogen-bond acceptors (Lipinski definition) is 2. The number of hydrogen-bond donors (Lipinski definition) is 2. The second-order valence-electron chi connectivity index (χ2n) is 7.02. The molecule has 0 aromatic heterocycles. The first-order chi connectivity index (χ1) is 14.7. The summed E-state index contributed by atoms with van der Waals surface area (Å²) in [7, 11) is 0. The summed E-state index contributed by atoms with van der Waals surface area (Å²) in [5, 5.41) is 13.5. The van der Waals surface area contributed by atoms with Crippen LogP contribution in [0.15, 0.2) is 114 Å². The third-order valence-electron chi connectivity index (χ3n) is 5.39. The maximum Gasteiger partial charge on any atom is -0.412 e. The van der Waals surface area contributed by atoms with Gasteiger partial charge in [0.15, 0.2) is 0 Å². The Bertz CT molecular complexity index is 1070. The Morgan fingerprint density at radius 3 is 1.52 bits per heavy atom. The van der Waals surface area contributed by atoms with E-state index in [-0.39, 0.29) is 11.3 Å². The minimum Gasteiger partial charge on any atom is -0.412 e. The fourth-order valence-electron chi connectivity index (χ4n) is 4.13. The monoisotopic (exact) mass is 538 g/mol. The zero-order valence-corrected chi connectivity index (χ0v) is 20.4. The first-order valence-corrected chi connectivity index (χ1v) is 15.7. The van der Waals surface area contributed by atoms with Gasteiger partial charge in [0.25, 0.3) is 0 Å². The van der Waals surface area contributed by atoms with Crippen molar-refractivity contribution in [1.82, 2.24) is 0 Å². The second kappa shape index (κ2) is 10.0. The molecule has 4 rings (SSSR count). The molecule has 0 fully saturated rings. The summed E-state index contributed by atoms with van der Waals surface area (Å²) in [6, 6.07) is 37.3. The van der Waals surface area contributed by atoms with Crippen molar-refractivity contribution in [3.8, 4) is 0 Å². The van der Waals surface area contributed by atoms with E-state index in [4.69, 9.17) is 17.3 Å². The molecule has 0 spiro atoms. The van der Waals surface area contributed by atoms with Gasteiger partial charge in [0.1, 0.15) is 0 Å². The molecule has 6 heteroatoms. The Morgan fingerprint density at radius 2 is 1.13 bits per heavy atom. The van der Waals surface area contributed by atoms with E-state index in [9.17, 15) is 5.21 Å². The van der Waals surface area contributed by atoms with E-state index in [0.29, 0.717) is 10.6 Å². The third kappa shape index (κ3) is 4.19. The summed E-state index contributed by atoms with van der Waals surface area (Å²) in [6.07, 6.45) is 0. The van der Waals surface area contributed by atoms with E-state index in [1.54, 1.807) is 6.07 Å². The number of benzene rings is 4. The molecule has 4 nitrogen and oxygen atoms in total. The number of nitrogens with zero attached hydrogens (tertiary/aromatic N) is 1. The normalized spacial score (nSPS) is 11.6. The SMILES string of the molecule is NC(=NO)c1ccc(Cl)c[c]1[Sn]([c]1ccccc1)([c]1ccccc1)[c]1ccccc1.O. The number of halogens is 1. The van der Waals surface area contributed by atoms with Crippen molar-refractivity contribution in [2.45, 2.75) is 0 Å². The fraction of sp³-hybridized carbons (Fsp3) is 0. The van der Waals surface area contributed by atoms with Crippen LogP contribution in [0.5, 0.6) is 0 Å². The first-order valence-electron chi connectivity index (χ1n) is 9.62. The molecule has 156 valence electrons. The largest absolute Gasteiger partial charge is 0.412 e. The maximum atomic E-state index is 9.51. The topological polar surface area (TPSA) is 90.1 Å². The maximum absolute atomic E-state index is 9.51. The zero-order valence-electron chi connectivity index (χ0n) is 16.7. The van der Waals surface area contributed by atoms with E-state index >= 15 is 0 Å². The van der Waals surface area contributed by atoms with Crippen LogP contribution < -0.4 is 20.1 Å². The van der Waals surface area contributed by atoms with Gasteiger partial charge in [0.05, 0.1) is 0 Å². The third-order valence-corrected chi connectivity index (χ3v) is 19.4. The van der Waals surface area contributed by atoms with Gasteiger partial charge >= 0.3 is 186 Å². The van der Waals surface area contributed by atoms with Crippen LogP contribution in [-0.4, -0.2) is 34.9 Å². The minimum absolute atomic E-state index is 0. The molecule has 0 unspecified atom stereocenters. The Morgan fingerprint density at radius 1 is 0.710 bits per heavy atom. The standard InChI is InChI=1S/C7H6ClN2O.3C6H5.H2O.Sn/c8-6-3-1-5(2-4-6)7(9)10-11;3*1-2-4-6-5-3-1;;/h1,3-4,11H,(H2,9,10);3*1-5H;1H2;. The van der Waals surface area contributed by atoms with Gasteiger partial charge in [-0.3, -0.25) is 0 Å². The van der Waals surface area contributed by atoms with E-state index < -0.39 is 18.4 Å². The van der Waals surface area contributed by atoms with Gasteiger partial charge in [-0.1, -0.05) is 0 Å². The van der Waals surface area contributed by atoms with Crippen LogP contribution in [0.25, 0.3) is 0 Å². The van der Waals surface area contributed by atoms with Gasteiger partial charge in [0.2, 0.25) is 0 Å². The molecule has 0 aliphatic rings. The van der Waals surface area contributed by atoms with E-state index in [1.165, 1.54) is 10.7 Å². The molecule has 0 aliphatic carbocycles. The van der Waals surface area contributed by atoms with Gasteiger partial charge < -0.3 is 5.48 Å². The quantitative estimate of drug-likeness (QED) is 0.134. The first kappa shape index (κ1) is 22.9. The average molecular weight is 538 g/mol. The second-order valence-corrected chi connectivity index (χ2v) is 18.2. The van der Waals surface area contributed by atoms with Crippen molar-refractivity contribution in [3.63, 3.8) is 0 Å². The zero-order chi connectivity index (χ0) is 21.0. The Labute approximate surface area is 190 Å². The minimum atomic E-state index is -3.88. The smallest absolute Gasteiger partial charge is 0.412 e. The van der Waals surface area contributed by atoms with Crippen LogP contribution in [0, 0.1) is 0 Å². The van der Waals surface area contributed by atoms with Crippen LogP contribution in [0.3, 0.4) is 0 Å². The number of rotatable bonds is 5. The van der Waals surface area contributed by atoms with Crippen LogP contribution in [0.2, 0.25) is 5.02 Å². The summed E-state index contributed by atoms with van der Waals surface area (Å²) in [4.78, 5) is 0. The molecule has 0 bridgehead atoms. The van der Waals surface area contributed by atoms with Crippen molar-refractivity contribution in [2.75, 3.05) is 0 Å². The van der Waals surface area contributed by atoms with Gasteiger partial charge in [-0.2, -0.15) is 0 Å². The molecule has 0 saturated heterocycles. The molecule has 4 aromatic carbocycles. The number of oxime groups is 1. The van der Waals surface area contributed by atoms with Crippen molar-refractivity contribution >= 4 is 50.1 Å². The fourth-order valence-corrected chi connectivity index (χ4v) is 18.8. The van der Waals surface area contributed by atoms with Gasteiger partial charge in [-0.05, 0) is 0 Å². The average Bonchev–Trinajstić information content (AvgIpc) is 2.81. The summed E-state index contributed by atoms with van der Waals surface area (Å²) >= 11 is 2.64. The number of nitrogens with two attached hydrogens (primary N) is 1. The summed E-state index contributed by atoms with van der Waals surface area (Å²) < 4.78 is 4.84. The molecular weight excluding hydrogens is 514 g/mol.